The predicted octanol–water partition coefficient (Wildman–Crippen LogP) is 1.94. The van der Waals surface area contributed by atoms with Crippen LogP contribution in [0.15, 0.2) is 35.5 Å². The molecule has 1 aliphatic carbocycles. The Labute approximate surface area is 137 Å². The van der Waals surface area contributed by atoms with Gasteiger partial charge in [0.1, 0.15) is 0 Å². The minimum atomic E-state index is -0.473. The molecule has 0 spiro atoms. The number of thioether (sulfide) groups is 1. The summed E-state index contributed by atoms with van der Waals surface area (Å²) in [5.41, 5.74) is 0.924. The lowest BCUT2D eigenvalue weighted by Gasteiger charge is -2.09. The zero-order valence-electron chi connectivity index (χ0n) is 12.6. The highest BCUT2D eigenvalue weighted by atomic mass is 32.2. The normalized spacial score (nSPS) is 15.0. The molecule has 1 fully saturated rings. The van der Waals surface area contributed by atoms with Gasteiger partial charge in [-0.1, -0.05) is 42.1 Å². The van der Waals surface area contributed by atoms with Gasteiger partial charge < -0.3 is 5.32 Å². The standard InChI is InChI=1S/C15H17N5O2S/c1-9(13(21)18-14(22)16-11-7-8-11)23-15-17-12(19-20-15)10-5-3-2-4-6-10/h2-6,9,11H,7-8H2,1H3,(H,17,19,20)(H2,16,18,21,22)/t9-/m0/s1. The smallest absolute Gasteiger partial charge is 0.321 e. The van der Waals surface area contributed by atoms with Gasteiger partial charge in [0.2, 0.25) is 11.1 Å². The van der Waals surface area contributed by atoms with Crippen LogP contribution in [0, 0.1) is 0 Å². The number of hydrogen-bond acceptors (Lipinski definition) is 5. The average molecular weight is 331 g/mol. The van der Waals surface area contributed by atoms with E-state index in [9.17, 15) is 9.59 Å². The number of amides is 3. The first-order valence-electron chi connectivity index (χ1n) is 7.37. The van der Waals surface area contributed by atoms with E-state index in [4.69, 9.17) is 0 Å². The molecule has 1 atom stereocenters. The molecule has 1 aliphatic rings. The molecule has 1 saturated carbocycles. The first kappa shape index (κ1) is 15.5. The summed E-state index contributed by atoms with van der Waals surface area (Å²) >= 11 is 1.20. The summed E-state index contributed by atoms with van der Waals surface area (Å²) < 4.78 is 0. The number of aromatic nitrogens is 3. The summed E-state index contributed by atoms with van der Waals surface area (Å²) in [4.78, 5) is 27.9. The molecule has 2 aromatic rings. The number of nitrogens with zero attached hydrogens (tertiary/aromatic N) is 2. The lowest BCUT2D eigenvalue weighted by atomic mass is 10.2. The third-order valence-electron chi connectivity index (χ3n) is 3.31. The zero-order chi connectivity index (χ0) is 16.2. The summed E-state index contributed by atoms with van der Waals surface area (Å²) in [6, 6.07) is 9.38. The van der Waals surface area contributed by atoms with Crippen LogP contribution >= 0.6 is 11.8 Å². The van der Waals surface area contributed by atoms with Crippen LogP contribution in [-0.4, -0.2) is 38.4 Å². The molecule has 0 saturated heterocycles. The molecular weight excluding hydrogens is 314 g/mol. The summed E-state index contributed by atoms with van der Waals surface area (Å²) in [6.45, 7) is 1.71. The SMILES string of the molecule is C[C@H](Sc1n[nH]c(-c2ccccc2)n1)C(=O)NC(=O)NC1CC1. The second kappa shape index (κ2) is 6.82. The lowest BCUT2D eigenvalue weighted by Crippen LogP contribution is -2.43. The number of H-pyrrole nitrogens is 1. The predicted molar refractivity (Wildman–Crippen MR) is 86.8 cm³/mol. The van der Waals surface area contributed by atoms with Crippen LogP contribution in [0.2, 0.25) is 0 Å². The van der Waals surface area contributed by atoms with Gasteiger partial charge in [0.05, 0.1) is 5.25 Å². The maximum Gasteiger partial charge on any atom is 0.321 e. The monoisotopic (exact) mass is 331 g/mol. The Balaban J connectivity index is 1.55. The van der Waals surface area contributed by atoms with Gasteiger partial charge in [-0.25, -0.2) is 9.78 Å². The number of urea groups is 1. The van der Waals surface area contributed by atoms with E-state index in [0.717, 1.165) is 18.4 Å². The quantitative estimate of drug-likeness (QED) is 0.727. The highest BCUT2D eigenvalue weighted by Crippen LogP contribution is 2.22. The van der Waals surface area contributed by atoms with Crippen LogP contribution in [0.4, 0.5) is 4.79 Å². The molecule has 3 amide bonds. The Morgan fingerprint density at radius 2 is 2.04 bits per heavy atom. The first-order valence-corrected chi connectivity index (χ1v) is 8.25. The van der Waals surface area contributed by atoms with Crippen LogP contribution < -0.4 is 10.6 Å². The molecule has 120 valence electrons. The van der Waals surface area contributed by atoms with Crippen LogP contribution in [0.1, 0.15) is 19.8 Å². The minimum Gasteiger partial charge on any atom is -0.335 e. The van der Waals surface area contributed by atoms with Gasteiger partial charge in [-0.15, -0.1) is 5.10 Å². The molecule has 1 aromatic carbocycles. The molecule has 8 heteroatoms. The van der Waals surface area contributed by atoms with Gasteiger partial charge in [-0.05, 0) is 19.8 Å². The van der Waals surface area contributed by atoms with E-state index < -0.39 is 11.3 Å². The number of benzene rings is 1. The number of nitrogens with one attached hydrogen (secondary N) is 3. The van der Waals surface area contributed by atoms with Crippen LogP contribution in [0.5, 0.6) is 0 Å². The molecule has 7 nitrogen and oxygen atoms in total. The molecule has 3 rings (SSSR count). The first-order chi connectivity index (χ1) is 11.1. The Morgan fingerprint density at radius 1 is 1.30 bits per heavy atom. The van der Waals surface area contributed by atoms with E-state index >= 15 is 0 Å². The number of hydrogen-bond donors (Lipinski definition) is 3. The van der Waals surface area contributed by atoms with Gasteiger partial charge in [0.15, 0.2) is 5.82 Å². The number of aromatic amines is 1. The van der Waals surface area contributed by atoms with E-state index in [0.29, 0.717) is 11.0 Å². The molecule has 3 N–H and O–H groups in total. The number of carbonyl (C=O) groups is 2. The van der Waals surface area contributed by atoms with Gasteiger partial charge >= 0.3 is 6.03 Å². The Hall–Kier alpha value is -2.35. The summed E-state index contributed by atoms with van der Waals surface area (Å²) in [5.74, 6) is 0.284. The van der Waals surface area contributed by atoms with E-state index in [2.05, 4.69) is 25.8 Å². The molecule has 0 radical (unpaired) electrons. The maximum atomic E-state index is 12.0. The van der Waals surface area contributed by atoms with Crippen molar-refractivity contribution in [2.24, 2.45) is 0 Å². The third-order valence-corrected chi connectivity index (χ3v) is 4.27. The van der Waals surface area contributed by atoms with Gasteiger partial charge in [-0.2, -0.15) is 0 Å². The lowest BCUT2D eigenvalue weighted by molar-refractivity contribution is -0.119. The Morgan fingerprint density at radius 3 is 2.74 bits per heavy atom. The molecule has 1 aromatic heterocycles. The van der Waals surface area contributed by atoms with Gasteiger partial charge in [0, 0.05) is 11.6 Å². The van der Waals surface area contributed by atoms with E-state index in [-0.39, 0.29) is 11.9 Å². The zero-order valence-corrected chi connectivity index (χ0v) is 13.4. The van der Waals surface area contributed by atoms with Gasteiger partial charge in [0.25, 0.3) is 0 Å². The molecule has 23 heavy (non-hydrogen) atoms. The van der Waals surface area contributed by atoms with Crippen molar-refractivity contribution in [1.82, 2.24) is 25.8 Å². The van der Waals surface area contributed by atoms with E-state index in [1.807, 2.05) is 30.3 Å². The minimum absolute atomic E-state index is 0.215. The number of rotatable bonds is 5. The second-order valence-electron chi connectivity index (χ2n) is 5.33. The molecular formula is C15H17N5O2S. The fraction of sp³-hybridized carbons (Fsp3) is 0.333. The molecule has 0 aliphatic heterocycles. The molecule has 1 heterocycles. The molecule has 0 bridgehead atoms. The van der Waals surface area contributed by atoms with Crippen LogP contribution in [0.3, 0.4) is 0 Å². The van der Waals surface area contributed by atoms with Crippen molar-refractivity contribution in [2.45, 2.75) is 36.2 Å². The largest absolute Gasteiger partial charge is 0.335 e. The number of carbonyl (C=O) groups excluding carboxylic acids is 2. The van der Waals surface area contributed by atoms with Crippen LogP contribution in [0.25, 0.3) is 11.4 Å². The fourth-order valence-electron chi connectivity index (χ4n) is 1.90. The van der Waals surface area contributed by atoms with E-state index in [1.54, 1.807) is 6.92 Å². The summed E-state index contributed by atoms with van der Waals surface area (Å²) in [7, 11) is 0. The van der Waals surface area contributed by atoms with Crippen molar-refractivity contribution in [3.8, 4) is 11.4 Å². The van der Waals surface area contributed by atoms with Crippen molar-refractivity contribution in [1.29, 1.82) is 0 Å². The van der Waals surface area contributed by atoms with Crippen molar-refractivity contribution < 1.29 is 9.59 Å². The summed E-state index contributed by atoms with van der Waals surface area (Å²) in [6.07, 6.45) is 1.96. The highest BCUT2D eigenvalue weighted by Gasteiger charge is 2.25. The van der Waals surface area contributed by atoms with E-state index in [1.165, 1.54) is 11.8 Å². The summed E-state index contributed by atoms with van der Waals surface area (Å²) in [5, 5.41) is 12.0. The highest BCUT2D eigenvalue weighted by molar-refractivity contribution is 8.00. The Bertz CT molecular complexity index is 699. The molecule has 0 unspecified atom stereocenters. The average Bonchev–Trinajstić information content (AvgIpc) is 3.23. The van der Waals surface area contributed by atoms with Gasteiger partial charge in [-0.3, -0.25) is 15.2 Å². The second-order valence-corrected chi connectivity index (χ2v) is 6.64. The van der Waals surface area contributed by atoms with Crippen molar-refractivity contribution >= 4 is 23.7 Å². The van der Waals surface area contributed by atoms with Crippen molar-refractivity contribution in [3.63, 3.8) is 0 Å². The third kappa shape index (κ3) is 4.32. The maximum absolute atomic E-state index is 12.0. The van der Waals surface area contributed by atoms with Crippen molar-refractivity contribution in [3.05, 3.63) is 30.3 Å². The fourth-order valence-corrected chi connectivity index (χ4v) is 2.62. The number of imide groups is 1. The topological polar surface area (TPSA) is 99.8 Å². The Kier molecular flexibility index (Phi) is 4.61. The van der Waals surface area contributed by atoms with Crippen LogP contribution in [-0.2, 0) is 4.79 Å². The van der Waals surface area contributed by atoms with Crippen molar-refractivity contribution in [2.75, 3.05) is 0 Å².